The van der Waals surface area contributed by atoms with Gasteiger partial charge in [-0.05, 0) is 13.3 Å². The van der Waals surface area contributed by atoms with Gasteiger partial charge < -0.3 is 5.32 Å². The van der Waals surface area contributed by atoms with E-state index in [-0.39, 0.29) is 5.91 Å². The summed E-state index contributed by atoms with van der Waals surface area (Å²) < 4.78 is 0. The van der Waals surface area contributed by atoms with E-state index in [2.05, 4.69) is 24.1 Å². The Hall–Kier alpha value is -0.970. The van der Waals surface area contributed by atoms with Crippen molar-refractivity contribution in [3.8, 4) is 11.8 Å². The molecule has 0 saturated heterocycles. The summed E-state index contributed by atoms with van der Waals surface area (Å²) in [5, 5.41) is 2.73. The Kier molecular flexibility index (Phi) is 7.47. The lowest BCUT2D eigenvalue weighted by molar-refractivity contribution is -0.120. The summed E-state index contributed by atoms with van der Waals surface area (Å²) >= 11 is 0. The summed E-state index contributed by atoms with van der Waals surface area (Å²) in [6, 6.07) is 0. The number of amides is 1. The van der Waals surface area contributed by atoms with E-state index in [1.54, 1.807) is 6.92 Å². The molecule has 0 radical (unpaired) electrons. The highest BCUT2D eigenvalue weighted by Gasteiger charge is 1.97. The monoisotopic (exact) mass is 167 g/mol. The predicted octanol–water partition coefficient (Wildman–Crippen LogP) is 1.71. The van der Waals surface area contributed by atoms with Crippen LogP contribution in [0.25, 0.3) is 0 Å². The Morgan fingerprint density at radius 3 is 2.75 bits per heavy atom. The molecule has 0 aliphatic rings. The Labute approximate surface area is 74.7 Å². The van der Waals surface area contributed by atoms with Gasteiger partial charge in [-0.15, -0.1) is 5.92 Å². The molecule has 0 heterocycles. The third-order valence-electron chi connectivity index (χ3n) is 1.56. The van der Waals surface area contributed by atoms with Crippen molar-refractivity contribution in [2.75, 3.05) is 6.54 Å². The minimum absolute atomic E-state index is 0.117. The van der Waals surface area contributed by atoms with Gasteiger partial charge >= 0.3 is 0 Å². The highest BCUT2D eigenvalue weighted by atomic mass is 16.1. The topological polar surface area (TPSA) is 29.1 Å². The molecule has 2 nitrogen and oxygen atoms in total. The normalized spacial score (nSPS) is 8.50. The highest BCUT2D eigenvalue weighted by molar-refractivity contribution is 5.76. The van der Waals surface area contributed by atoms with Gasteiger partial charge in [0.2, 0.25) is 5.91 Å². The van der Waals surface area contributed by atoms with Crippen molar-refractivity contribution in [1.82, 2.24) is 5.32 Å². The zero-order valence-corrected chi connectivity index (χ0v) is 7.94. The average Bonchev–Trinajstić information content (AvgIpc) is 2.06. The third kappa shape index (κ3) is 7.14. The van der Waals surface area contributed by atoms with E-state index in [0.29, 0.717) is 13.0 Å². The molecule has 0 rings (SSSR count). The fourth-order valence-corrected chi connectivity index (χ4v) is 0.855. The van der Waals surface area contributed by atoms with Crippen LogP contribution in [0.4, 0.5) is 0 Å². The minimum atomic E-state index is 0.117. The maximum atomic E-state index is 11.0. The Bertz CT molecular complexity index is 176. The molecule has 0 aromatic heterocycles. The van der Waals surface area contributed by atoms with E-state index in [4.69, 9.17) is 0 Å². The van der Waals surface area contributed by atoms with Crippen LogP contribution in [0.1, 0.15) is 39.5 Å². The predicted molar refractivity (Wildman–Crippen MR) is 50.6 cm³/mol. The van der Waals surface area contributed by atoms with Gasteiger partial charge in [-0.1, -0.05) is 25.7 Å². The summed E-state index contributed by atoms with van der Waals surface area (Å²) in [5.41, 5.74) is 0. The SMILES string of the molecule is CC#CCNC(=O)CCCCC. The van der Waals surface area contributed by atoms with Gasteiger partial charge in [0.05, 0.1) is 6.54 Å². The van der Waals surface area contributed by atoms with E-state index in [9.17, 15) is 4.79 Å². The molecule has 12 heavy (non-hydrogen) atoms. The lowest BCUT2D eigenvalue weighted by Gasteiger charge is -1.99. The number of hydrogen-bond acceptors (Lipinski definition) is 1. The summed E-state index contributed by atoms with van der Waals surface area (Å²) in [7, 11) is 0. The molecule has 1 amide bonds. The first-order chi connectivity index (χ1) is 5.81. The van der Waals surface area contributed by atoms with E-state index in [0.717, 1.165) is 19.3 Å². The average molecular weight is 167 g/mol. The molecule has 0 aromatic rings. The number of nitrogens with one attached hydrogen (secondary N) is 1. The summed E-state index contributed by atoms with van der Waals surface area (Å²) in [4.78, 5) is 11.0. The number of rotatable bonds is 5. The van der Waals surface area contributed by atoms with E-state index < -0.39 is 0 Å². The number of carbonyl (C=O) groups is 1. The van der Waals surface area contributed by atoms with Crippen LogP contribution in [0.3, 0.4) is 0 Å². The Morgan fingerprint density at radius 2 is 2.17 bits per heavy atom. The fraction of sp³-hybridized carbons (Fsp3) is 0.700. The molecule has 68 valence electrons. The van der Waals surface area contributed by atoms with Gasteiger partial charge in [0.15, 0.2) is 0 Å². The van der Waals surface area contributed by atoms with Crippen LogP contribution in [0.15, 0.2) is 0 Å². The van der Waals surface area contributed by atoms with Gasteiger partial charge in [0.1, 0.15) is 0 Å². The minimum Gasteiger partial charge on any atom is -0.345 e. The zero-order valence-electron chi connectivity index (χ0n) is 7.94. The molecular formula is C10H17NO. The molecule has 2 heteroatoms. The van der Waals surface area contributed by atoms with Gasteiger partial charge in [0.25, 0.3) is 0 Å². The van der Waals surface area contributed by atoms with Crippen molar-refractivity contribution in [2.45, 2.75) is 39.5 Å². The van der Waals surface area contributed by atoms with Gasteiger partial charge in [-0.25, -0.2) is 0 Å². The zero-order chi connectivity index (χ0) is 9.23. The molecule has 0 aromatic carbocycles. The molecular weight excluding hydrogens is 150 g/mol. The summed E-state index contributed by atoms with van der Waals surface area (Å²) in [5.74, 6) is 5.63. The smallest absolute Gasteiger partial charge is 0.220 e. The number of unbranched alkanes of at least 4 members (excludes halogenated alkanes) is 2. The van der Waals surface area contributed by atoms with Crippen LogP contribution < -0.4 is 5.32 Å². The lowest BCUT2D eigenvalue weighted by atomic mass is 10.2. The maximum Gasteiger partial charge on any atom is 0.220 e. The van der Waals surface area contributed by atoms with Crippen LogP contribution in [0, 0.1) is 11.8 Å². The fourth-order valence-electron chi connectivity index (χ4n) is 0.855. The van der Waals surface area contributed by atoms with Crippen LogP contribution in [0.2, 0.25) is 0 Å². The molecule has 0 aliphatic carbocycles. The lowest BCUT2D eigenvalue weighted by Crippen LogP contribution is -2.22. The second-order valence-corrected chi connectivity index (χ2v) is 2.66. The first-order valence-electron chi connectivity index (χ1n) is 4.47. The largest absolute Gasteiger partial charge is 0.345 e. The molecule has 1 N–H and O–H groups in total. The quantitative estimate of drug-likeness (QED) is 0.490. The molecule has 0 atom stereocenters. The number of carbonyl (C=O) groups excluding carboxylic acids is 1. The van der Waals surface area contributed by atoms with Crippen LogP contribution >= 0.6 is 0 Å². The van der Waals surface area contributed by atoms with E-state index >= 15 is 0 Å². The van der Waals surface area contributed by atoms with Crippen molar-refractivity contribution < 1.29 is 4.79 Å². The third-order valence-corrected chi connectivity index (χ3v) is 1.56. The van der Waals surface area contributed by atoms with Crippen LogP contribution in [0.5, 0.6) is 0 Å². The Morgan fingerprint density at radius 1 is 1.42 bits per heavy atom. The summed E-state index contributed by atoms with van der Waals surface area (Å²) in [6.45, 7) is 4.38. The summed E-state index contributed by atoms with van der Waals surface area (Å²) in [6.07, 6.45) is 3.91. The second-order valence-electron chi connectivity index (χ2n) is 2.66. The van der Waals surface area contributed by atoms with Gasteiger partial charge in [0, 0.05) is 6.42 Å². The van der Waals surface area contributed by atoms with E-state index in [1.807, 2.05) is 0 Å². The van der Waals surface area contributed by atoms with E-state index in [1.165, 1.54) is 0 Å². The molecule has 0 unspecified atom stereocenters. The van der Waals surface area contributed by atoms with Crippen molar-refractivity contribution >= 4 is 5.91 Å². The maximum absolute atomic E-state index is 11.0. The van der Waals surface area contributed by atoms with Crippen molar-refractivity contribution in [3.63, 3.8) is 0 Å². The van der Waals surface area contributed by atoms with Crippen LogP contribution in [-0.2, 0) is 4.79 Å². The van der Waals surface area contributed by atoms with Gasteiger partial charge in [-0.2, -0.15) is 0 Å². The Balaban J connectivity index is 3.25. The highest BCUT2D eigenvalue weighted by Crippen LogP contribution is 1.97. The molecule has 0 bridgehead atoms. The molecule has 0 saturated carbocycles. The van der Waals surface area contributed by atoms with Crippen molar-refractivity contribution in [1.29, 1.82) is 0 Å². The molecule has 0 aliphatic heterocycles. The second kappa shape index (κ2) is 8.13. The first-order valence-corrected chi connectivity index (χ1v) is 4.47. The standard InChI is InChI=1S/C10H17NO/c1-3-5-7-8-10(12)11-9-6-4-2/h3,5,7-9H2,1-2H3,(H,11,12). The van der Waals surface area contributed by atoms with Crippen molar-refractivity contribution in [2.24, 2.45) is 0 Å². The number of hydrogen-bond donors (Lipinski definition) is 1. The van der Waals surface area contributed by atoms with Crippen LogP contribution in [-0.4, -0.2) is 12.5 Å². The van der Waals surface area contributed by atoms with Gasteiger partial charge in [-0.3, -0.25) is 4.79 Å². The van der Waals surface area contributed by atoms with Crippen molar-refractivity contribution in [3.05, 3.63) is 0 Å². The first kappa shape index (κ1) is 11.0. The molecule has 0 fully saturated rings. The molecule has 0 spiro atoms.